The third-order valence-electron chi connectivity index (χ3n) is 7.34. The summed E-state index contributed by atoms with van der Waals surface area (Å²) in [7, 11) is 0. The van der Waals surface area contributed by atoms with Crippen LogP contribution in [0, 0.1) is 29.3 Å². The van der Waals surface area contributed by atoms with E-state index in [0.717, 1.165) is 54.4 Å². The van der Waals surface area contributed by atoms with Gasteiger partial charge >= 0.3 is 0 Å². The molecule has 1 fully saturated rings. The number of hydrogen-bond donors (Lipinski definition) is 0. The maximum absolute atomic E-state index is 14.8. The van der Waals surface area contributed by atoms with Gasteiger partial charge in [0, 0.05) is 5.56 Å². The largest absolute Gasteiger partial charge is 0.206 e. The van der Waals surface area contributed by atoms with Crippen molar-refractivity contribution in [2.75, 3.05) is 0 Å². The summed E-state index contributed by atoms with van der Waals surface area (Å²) in [4.78, 5) is 0. The normalized spacial score (nSPS) is 21.0. The molecule has 0 N–H and O–H groups in total. The van der Waals surface area contributed by atoms with Crippen LogP contribution in [0.25, 0.3) is 17.2 Å². The summed E-state index contributed by atoms with van der Waals surface area (Å²) in [5.41, 5.74) is 4.16. The van der Waals surface area contributed by atoms with Gasteiger partial charge in [-0.15, -0.1) is 0 Å². The second-order valence-electron chi connectivity index (χ2n) is 9.53. The molecule has 0 amide bonds. The summed E-state index contributed by atoms with van der Waals surface area (Å²) < 4.78 is 41.6. The van der Waals surface area contributed by atoms with E-state index in [2.05, 4.69) is 13.0 Å². The molecule has 0 radical (unpaired) electrons. The first-order valence-electron chi connectivity index (χ1n) is 12.0. The molecule has 4 rings (SSSR count). The summed E-state index contributed by atoms with van der Waals surface area (Å²) in [6, 6.07) is 6.93. The van der Waals surface area contributed by atoms with Gasteiger partial charge in [-0.3, -0.25) is 0 Å². The van der Waals surface area contributed by atoms with Crippen molar-refractivity contribution in [2.24, 2.45) is 11.8 Å². The van der Waals surface area contributed by atoms with Crippen LogP contribution in [0.3, 0.4) is 0 Å². The van der Waals surface area contributed by atoms with E-state index in [-0.39, 0.29) is 5.82 Å². The number of halogens is 3. The number of unbranched alkanes of at least 4 members (excludes halogenated alkanes) is 1. The third-order valence-corrected chi connectivity index (χ3v) is 7.34. The summed E-state index contributed by atoms with van der Waals surface area (Å²) in [6.45, 7) is 2.27. The van der Waals surface area contributed by atoms with Crippen LogP contribution in [-0.4, -0.2) is 0 Å². The third kappa shape index (κ3) is 5.42. The second kappa shape index (κ2) is 10.1. The van der Waals surface area contributed by atoms with Crippen LogP contribution in [0.5, 0.6) is 0 Å². The number of fused-ring (bicyclic) bond motifs is 1. The molecule has 0 bridgehead atoms. The SMILES string of the molecule is CCCCC1CCC(CCC2=Cc3cc(F)c(-c4ccc(F)c(F)c4)cc3CC2)CC1. The van der Waals surface area contributed by atoms with E-state index in [1.54, 1.807) is 6.07 Å². The minimum atomic E-state index is -0.948. The number of allylic oxidation sites excluding steroid dienone is 1. The molecule has 0 unspecified atom stereocenters. The lowest BCUT2D eigenvalue weighted by molar-refractivity contribution is 0.249. The number of benzene rings is 2. The summed E-state index contributed by atoms with van der Waals surface area (Å²) >= 11 is 0. The minimum absolute atomic E-state index is 0.342. The topological polar surface area (TPSA) is 0 Å². The molecule has 0 spiro atoms. The molecule has 2 aliphatic carbocycles. The highest BCUT2D eigenvalue weighted by molar-refractivity contribution is 5.70. The Labute approximate surface area is 184 Å². The lowest BCUT2D eigenvalue weighted by Crippen LogP contribution is -2.15. The van der Waals surface area contributed by atoms with Crippen molar-refractivity contribution in [3.63, 3.8) is 0 Å². The van der Waals surface area contributed by atoms with Crippen molar-refractivity contribution < 1.29 is 13.2 Å². The molecule has 0 aliphatic heterocycles. The van der Waals surface area contributed by atoms with Crippen LogP contribution in [-0.2, 0) is 6.42 Å². The van der Waals surface area contributed by atoms with Gasteiger partial charge in [0.05, 0.1) is 0 Å². The van der Waals surface area contributed by atoms with Crippen LogP contribution >= 0.6 is 0 Å². The van der Waals surface area contributed by atoms with Gasteiger partial charge in [0.2, 0.25) is 0 Å². The fourth-order valence-corrected chi connectivity index (χ4v) is 5.34. The minimum Gasteiger partial charge on any atom is -0.206 e. The van der Waals surface area contributed by atoms with Gasteiger partial charge in [-0.1, -0.05) is 69.6 Å². The molecular weight excluding hydrogens is 393 g/mol. The van der Waals surface area contributed by atoms with E-state index in [1.807, 2.05) is 6.07 Å². The molecule has 2 aromatic carbocycles. The molecule has 0 heterocycles. The average molecular weight is 427 g/mol. The van der Waals surface area contributed by atoms with E-state index >= 15 is 0 Å². The van der Waals surface area contributed by atoms with Crippen LogP contribution < -0.4 is 0 Å². The fourth-order valence-electron chi connectivity index (χ4n) is 5.34. The second-order valence-corrected chi connectivity index (χ2v) is 9.53. The Morgan fingerprint density at radius 3 is 2.26 bits per heavy atom. The van der Waals surface area contributed by atoms with Crippen molar-refractivity contribution in [3.05, 3.63) is 64.5 Å². The number of hydrogen-bond acceptors (Lipinski definition) is 0. The summed E-state index contributed by atoms with van der Waals surface area (Å²) in [5, 5.41) is 0. The van der Waals surface area contributed by atoms with Crippen LogP contribution in [0.1, 0.15) is 82.3 Å². The maximum atomic E-state index is 14.8. The van der Waals surface area contributed by atoms with Gasteiger partial charge in [-0.25, -0.2) is 13.2 Å². The molecule has 2 aliphatic rings. The molecule has 1 saturated carbocycles. The average Bonchev–Trinajstić information content (AvgIpc) is 2.78. The Morgan fingerprint density at radius 1 is 0.806 bits per heavy atom. The lowest BCUT2D eigenvalue weighted by Gasteiger charge is -2.29. The first-order chi connectivity index (χ1) is 15.0. The predicted octanol–water partition coefficient (Wildman–Crippen LogP) is 8.88. The van der Waals surface area contributed by atoms with Gasteiger partial charge < -0.3 is 0 Å². The van der Waals surface area contributed by atoms with E-state index in [9.17, 15) is 13.2 Å². The highest BCUT2D eigenvalue weighted by Gasteiger charge is 2.22. The molecule has 0 saturated heterocycles. The van der Waals surface area contributed by atoms with Crippen molar-refractivity contribution in [1.29, 1.82) is 0 Å². The molecule has 3 heteroatoms. The zero-order valence-electron chi connectivity index (χ0n) is 18.5. The zero-order valence-corrected chi connectivity index (χ0v) is 18.5. The molecule has 0 atom stereocenters. The van der Waals surface area contributed by atoms with E-state index < -0.39 is 11.6 Å². The zero-order chi connectivity index (χ0) is 21.8. The smallest absolute Gasteiger partial charge is 0.159 e. The summed E-state index contributed by atoms with van der Waals surface area (Å²) in [6.07, 6.45) is 16.0. The Hall–Kier alpha value is -2.03. The first-order valence-corrected chi connectivity index (χ1v) is 12.0. The Bertz CT molecular complexity index is 936. The molecule has 0 nitrogen and oxygen atoms in total. The highest BCUT2D eigenvalue weighted by atomic mass is 19.2. The Kier molecular flexibility index (Phi) is 7.20. The van der Waals surface area contributed by atoms with E-state index in [1.165, 1.54) is 63.0 Å². The Balaban J connectivity index is 1.38. The van der Waals surface area contributed by atoms with Crippen LogP contribution in [0.15, 0.2) is 35.9 Å². The van der Waals surface area contributed by atoms with Gasteiger partial charge in [0.1, 0.15) is 5.82 Å². The monoisotopic (exact) mass is 426 g/mol. The van der Waals surface area contributed by atoms with Crippen LogP contribution in [0.2, 0.25) is 0 Å². The van der Waals surface area contributed by atoms with E-state index in [0.29, 0.717) is 11.1 Å². The van der Waals surface area contributed by atoms with Crippen LogP contribution in [0.4, 0.5) is 13.2 Å². The number of aryl methyl sites for hydroxylation is 1. The molecule has 2 aromatic rings. The highest BCUT2D eigenvalue weighted by Crippen LogP contribution is 2.37. The predicted molar refractivity (Wildman–Crippen MR) is 122 cm³/mol. The molecular formula is C28H33F3. The first kappa shape index (κ1) is 22.2. The van der Waals surface area contributed by atoms with Crippen molar-refractivity contribution in [1.82, 2.24) is 0 Å². The fraction of sp³-hybridized carbons (Fsp3) is 0.500. The van der Waals surface area contributed by atoms with Gasteiger partial charge in [-0.05, 0) is 78.5 Å². The van der Waals surface area contributed by atoms with Gasteiger partial charge in [0.15, 0.2) is 11.6 Å². The van der Waals surface area contributed by atoms with E-state index in [4.69, 9.17) is 0 Å². The quantitative estimate of drug-likeness (QED) is 0.415. The van der Waals surface area contributed by atoms with Gasteiger partial charge in [0.25, 0.3) is 0 Å². The lowest BCUT2D eigenvalue weighted by atomic mass is 9.77. The molecule has 31 heavy (non-hydrogen) atoms. The molecule has 166 valence electrons. The Morgan fingerprint density at radius 2 is 1.55 bits per heavy atom. The van der Waals surface area contributed by atoms with Crippen molar-refractivity contribution in [3.8, 4) is 11.1 Å². The standard InChI is InChI=1S/C28H33F3/c1-2-3-4-19-5-7-20(8-6-19)9-10-21-11-12-22-16-25(27(30)18-24(22)15-21)23-13-14-26(29)28(31)17-23/h13-20H,2-12H2,1H3. The maximum Gasteiger partial charge on any atom is 0.159 e. The van der Waals surface area contributed by atoms with Crippen molar-refractivity contribution >= 4 is 6.08 Å². The van der Waals surface area contributed by atoms with Gasteiger partial charge in [-0.2, -0.15) is 0 Å². The van der Waals surface area contributed by atoms with Crippen molar-refractivity contribution in [2.45, 2.75) is 77.6 Å². The number of rotatable bonds is 7. The molecule has 0 aromatic heterocycles. The summed E-state index contributed by atoms with van der Waals surface area (Å²) in [5.74, 6) is -0.454.